The van der Waals surface area contributed by atoms with Crippen LogP contribution in [0, 0.1) is 5.92 Å². The number of hydrogen-bond donors (Lipinski definition) is 1. The molecular formula is C9H15NO2. The van der Waals surface area contributed by atoms with Crippen molar-refractivity contribution in [3.8, 4) is 0 Å². The lowest BCUT2D eigenvalue weighted by molar-refractivity contribution is -0.147. The molecule has 1 aliphatic carbocycles. The summed E-state index contributed by atoms with van der Waals surface area (Å²) in [7, 11) is 0. The SMILES string of the molecule is O=C(C1CCC1)N1CCC1CO. The molecule has 12 heavy (non-hydrogen) atoms. The van der Waals surface area contributed by atoms with Gasteiger partial charge in [0.15, 0.2) is 0 Å². The number of carbonyl (C=O) groups excluding carboxylic acids is 1. The van der Waals surface area contributed by atoms with Gasteiger partial charge in [-0.15, -0.1) is 0 Å². The van der Waals surface area contributed by atoms with Crippen molar-refractivity contribution in [3.63, 3.8) is 0 Å². The highest BCUT2D eigenvalue weighted by Gasteiger charge is 2.37. The normalized spacial score (nSPS) is 29.4. The highest BCUT2D eigenvalue weighted by Crippen LogP contribution is 2.31. The maximum Gasteiger partial charge on any atom is 0.226 e. The molecule has 1 heterocycles. The largest absolute Gasteiger partial charge is 0.394 e. The Hall–Kier alpha value is -0.570. The molecule has 1 atom stereocenters. The molecule has 2 aliphatic rings. The van der Waals surface area contributed by atoms with E-state index in [1.165, 1.54) is 6.42 Å². The lowest BCUT2D eigenvalue weighted by atomic mass is 9.83. The van der Waals surface area contributed by atoms with Gasteiger partial charge < -0.3 is 10.0 Å². The van der Waals surface area contributed by atoms with Gasteiger partial charge in [0, 0.05) is 12.5 Å². The summed E-state index contributed by atoms with van der Waals surface area (Å²) in [6, 6.07) is 0.137. The first-order valence-electron chi connectivity index (χ1n) is 4.74. The summed E-state index contributed by atoms with van der Waals surface area (Å²) in [4.78, 5) is 13.4. The summed E-state index contributed by atoms with van der Waals surface area (Å²) < 4.78 is 0. The minimum absolute atomic E-state index is 0.137. The van der Waals surface area contributed by atoms with E-state index in [4.69, 9.17) is 5.11 Å². The van der Waals surface area contributed by atoms with Crippen molar-refractivity contribution in [1.82, 2.24) is 4.90 Å². The second-order valence-corrected chi connectivity index (χ2v) is 3.78. The molecule has 2 rings (SSSR count). The van der Waals surface area contributed by atoms with Crippen molar-refractivity contribution >= 4 is 5.91 Å². The Bertz CT molecular complexity index is 187. The van der Waals surface area contributed by atoms with E-state index in [-0.39, 0.29) is 18.6 Å². The van der Waals surface area contributed by atoms with Crippen LogP contribution in [0.5, 0.6) is 0 Å². The molecule has 1 aliphatic heterocycles. The molecule has 1 unspecified atom stereocenters. The predicted octanol–water partition coefficient (Wildman–Crippen LogP) is 0.380. The molecule has 3 heteroatoms. The van der Waals surface area contributed by atoms with Crippen LogP contribution < -0.4 is 0 Å². The van der Waals surface area contributed by atoms with Gasteiger partial charge in [-0.2, -0.15) is 0 Å². The Morgan fingerprint density at radius 2 is 2.17 bits per heavy atom. The van der Waals surface area contributed by atoms with E-state index in [2.05, 4.69) is 0 Å². The van der Waals surface area contributed by atoms with E-state index in [0.717, 1.165) is 25.8 Å². The maximum absolute atomic E-state index is 11.6. The molecule has 1 N–H and O–H groups in total. The van der Waals surface area contributed by atoms with Crippen LogP contribution in [0.25, 0.3) is 0 Å². The van der Waals surface area contributed by atoms with Gasteiger partial charge in [-0.3, -0.25) is 4.79 Å². The molecule has 0 aromatic rings. The zero-order chi connectivity index (χ0) is 8.55. The number of aliphatic hydroxyl groups excluding tert-OH is 1. The number of rotatable bonds is 2. The van der Waals surface area contributed by atoms with Crippen molar-refractivity contribution in [3.05, 3.63) is 0 Å². The molecule has 68 valence electrons. The number of amides is 1. The topological polar surface area (TPSA) is 40.5 Å². The van der Waals surface area contributed by atoms with E-state index >= 15 is 0 Å². The smallest absolute Gasteiger partial charge is 0.226 e. The monoisotopic (exact) mass is 169 g/mol. The molecular weight excluding hydrogens is 154 g/mol. The van der Waals surface area contributed by atoms with Gasteiger partial charge in [0.2, 0.25) is 5.91 Å². The number of aliphatic hydroxyl groups is 1. The zero-order valence-corrected chi connectivity index (χ0v) is 7.20. The van der Waals surface area contributed by atoms with E-state index in [1.54, 1.807) is 0 Å². The summed E-state index contributed by atoms with van der Waals surface area (Å²) in [6.45, 7) is 0.999. The highest BCUT2D eigenvalue weighted by molar-refractivity contribution is 5.80. The molecule has 0 spiro atoms. The summed E-state index contributed by atoms with van der Waals surface area (Å²) in [5.41, 5.74) is 0. The van der Waals surface area contributed by atoms with Crippen LogP contribution in [0.4, 0.5) is 0 Å². The lowest BCUT2D eigenvalue weighted by Crippen LogP contribution is -2.55. The van der Waals surface area contributed by atoms with Gasteiger partial charge in [0.25, 0.3) is 0 Å². The van der Waals surface area contributed by atoms with Gasteiger partial charge in [0.05, 0.1) is 12.6 Å². The molecule has 0 radical (unpaired) electrons. The quantitative estimate of drug-likeness (QED) is 0.649. The molecule has 1 saturated heterocycles. The van der Waals surface area contributed by atoms with Gasteiger partial charge >= 0.3 is 0 Å². The van der Waals surface area contributed by atoms with Crippen molar-refractivity contribution < 1.29 is 9.90 Å². The number of nitrogens with zero attached hydrogens (tertiary/aromatic N) is 1. The molecule has 3 nitrogen and oxygen atoms in total. The van der Waals surface area contributed by atoms with Crippen LogP contribution in [-0.2, 0) is 4.79 Å². The second-order valence-electron chi connectivity index (χ2n) is 3.78. The van der Waals surface area contributed by atoms with Crippen molar-refractivity contribution in [2.75, 3.05) is 13.2 Å². The summed E-state index contributed by atoms with van der Waals surface area (Å²) in [6.07, 6.45) is 4.31. The average Bonchev–Trinajstić information content (AvgIpc) is 1.80. The fraction of sp³-hybridized carbons (Fsp3) is 0.889. The van der Waals surface area contributed by atoms with Crippen LogP contribution >= 0.6 is 0 Å². The third kappa shape index (κ3) is 1.12. The number of likely N-dealkylation sites (tertiary alicyclic amines) is 1. The lowest BCUT2D eigenvalue weighted by Gasteiger charge is -2.43. The first-order valence-corrected chi connectivity index (χ1v) is 4.74. The minimum atomic E-state index is 0.137. The van der Waals surface area contributed by atoms with E-state index < -0.39 is 0 Å². The fourth-order valence-electron chi connectivity index (χ4n) is 1.81. The Balaban J connectivity index is 1.86. The average molecular weight is 169 g/mol. The summed E-state index contributed by atoms with van der Waals surface area (Å²) in [5, 5.41) is 8.88. The molecule has 2 fully saturated rings. The van der Waals surface area contributed by atoms with Crippen molar-refractivity contribution in [2.45, 2.75) is 31.7 Å². The third-order valence-corrected chi connectivity index (χ3v) is 3.09. The van der Waals surface area contributed by atoms with Crippen LogP contribution in [0.15, 0.2) is 0 Å². The van der Waals surface area contributed by atoms with Crippen LogP contribution in [0.1, 0.15) is 25.7 Å². The molecule has 1 amide bonds. The van der Waals surface area contributed by atoms with Gasteiger partial charge in [-0.05, 0) is 19.3 Å². The minimum Gasteiger partial charge on any atom is -0.394 e. The fourth-order valence-corrected chi connectivity index (χ4v) is 1.81. The maximum atomic E-state index is 11.6. The van der Waals surface area contributed by atoms with Gasteiger partial charge in [-0.25, -0.2) is 0 Å². The Morgan fingerprint density at radius 3 is 2.50 bits per heavy atom. The predicted molar refractivity (Wildman–Crippen MR) is 44.5 cm³/mol. The van der Waals surface area contributed by atoms with Crippen molar-refractivity contribution in [2.24, 2.45) is 5.92 Å². The number of hydrogen-bond acceptors (Lipinski definition) is 2. The Labute approximate surface area is 72.4 Å². The first kappa shape index (κ1) is 8.05. The highest BCUT2D eigenvalue weighted by atomic mass is 16.3. The Morgan fingerprint density at radius 1 is 1.42 bits per heavy atom. The summed E-state index contributed by atoms with van der Waals surface area (Å²) in [5.74, 6) is 0.575. The summed E-state index contributed by atoms with van der Waals surface area (Å²) >= 11 is 0. The van der Waals surface area contributed by atoms with E-state index in [9.17, 15) is 4.79 Å². The molecule has 0 aromatic carbocycles. The number of carbonyl (C=O) groups is 1. The molecule has 1 saturated carbocycles. The molecule has 0 bridgehead atoms. The van der Waals surface area contributed by atoms with Gasteiger partial charge in [0.1, 0.15) is 0 Å². The van der Waals surface area contributed by atoms with Crippen LogP contribution in [0.2, 0.25) is 0 Å². The third-order valence-electron chi connectivity index (χ3n) is 3.09. The van der Waals surface area contributed by atoms with Gasteiger partial charge in [-0.1, -0.05) is 6.42 Å². The zero-order valence-electron chi connectivity index (χ0n) is 7.20. The van der Waals surface area contributed by atoms with Crippen LogP contribution in [0.3, 0.4) is 0 Å². The standard InChI is InChI=1S/C9H15NO2/c11-6-8-4-5-10(8)9(12)7-2-1-3-7/h7-8,11H,1-6H2. The first-order chi connectivity index (χ1) is 5.83. The Kier molecular flexibility index (Phi) is 2.05. The van der Waals surface area contributed by atoms with Crippen molar-refractivity contribution in [1.29, 1.82) is 0 Å². The second kappa shape index (κ2) is 3.05. The van der Waals surface area contributed by atoms with E-state index in [1.807, 2.05) is 4.90 Å². The molecule has 0 aromatic heterocycles. The van der Waals surface area contributed by atoms with E-state index in [0.29, 0.717) is 5.92 Å². The van der Waals surface area contributed by atoms with Crippen LogP contribution in [-0.4, -0.2) is 35.1 Å².